The average Bonchev–Trinajstić information content (AvgIpc) is 2.71. The highest BCUT2D eigenvalue weighted by Gasteiger charge is 2.25. The molecule has 0 unspecified atom stereocenters. The molecule has 3 rings (SSSR count). The van der Waals surface area contributed by atoms with Gasteiger partial charge in [0, 0.05) is 30.3 Å². The molecule has 1 aliphatic rings. The topological polar surface area (TPSA) is 110 Å². The highest BCUT2D eigenvalue weighted by atomic mass is 16.3. The summed E-state index contributed by atoms with van der Waals surface area (Å²) in [4.78, 5) is 26.8. The van der Waals surface area contributed by atoms with Crippen molar-refractivity contribution in [2.45, 2.75) is 38.6 Å². The Bertz CT molecular complexity index is 877. The molecule has 7 nitrogen and oxygen atoms in total. The molecule has 29 heavy (non-hydrogen) atoms. The van der Waals surface area contributed by atoms with Crippen LogP contribution in [-0.2, 0) is 0 Å². The molecule has 1 heterocycles. The number of nitrogens with one attached hydrogen (secondary N) is 1. The summed E-state index contributed by atoms with van der Waals surface area (Å²) in [5.41, 5.74) is 1.91. The van der Waals surface area contributed by atoms with Crippen LogP contribution < -0.4 is 5.32 Å². The van der Waals surface area contributed by atoms with E-state index in [0.29, 0.717) is 37.4 Å². The van der Waals surface area contributed by atoms with Gasteiger partial charge < -0.3 is 25.5 Å². The minimum Gasteiger partial charge on any atom is -0.504 e. The first kappa shape index (κ1) is 20.5. The summed E-state index contributed by atoms with van der Waals surface area (Å²) < 4.78 is 0. The van der Waals surface area contributed by atoms with E-state index in [1.807, 2.05) is 24.3 Å². The van der Waals surface area contributed by atoms with Gasteiger partial charge in [-0.25, -0.2) is 0 Å². The Kier molecular flexibility index (Phi) is 5.96. The molecule has 1 fully saturated rings. The maximum absolute atomic E-state index is 12.7. The number of likely N-dealkylation sites (tertiary alicyclic amines) is 1. The first-order valence-corrected chi connectivity index (χ1v) is 9.71. The molecule has 2 amide bonds. The van der Waals surface area contributed by atoms with E-state index in [4.69, 9.17) is 0 Å². The Morgan fingerprint density at radius 3 is 2.03 bits per heavy atom. The molecule has 0 aromatic heterocycles. The van der Waals surface area contributed by atoms with Gasteiger partial charge >= 0.3 is 0 Å². The number of hydrogen-bond acceptors (Lipinski definition) is 5. The van der Waals surface area contributed by atoms with Crippen LogP contribution in [0.4, 0.5) is 0 Å². The van der Waals surface area contributed by atoms with E-state index in [1.165, 1.54) is 5.56 Å². The van der Waals surface area contributed by atoms with Crippen molar-refractivity contribution in [3.05, 3.63) is 53.1 Å². The number of nitrogens with zero attached hydrogens (tertiary/aromatic N) is 1. The Morgan fingerprint density at radius 1 is 0.966 bits per heavy atom. The smallest absolute Gasteiger partial charge is 0.253 e. The fourth-order valence-corrected chi connectivity index (χ4v) is 3.42. The quantitative estimate of drug-likeness (QED) is 0.592. The SMILES string of the molecule is CC(C)c1ccc(C(=O)N2CCC(NC(=O)c3cc(O)c(O)c(O)c3)CC2)cc1. The Hall–Kier alpha value is -3.22. The number of phenolic OH excluding ortho intramolecular Hbond substituents is 3. The Labute approximate surface area is 169 Å². The molecule has 0 saturated carbocycles. The van der Waals surface area contributed by atoms with Crippen LogP contribution in [0.1, 0.15) is 58.9 Å². The highest BCUT2D eigenvalue weighted by Crippen LogP contribution is 2.35. The van der Waals surface area contributed by atoms with E-state index >= 15 is 0 Å². The zero-order chi connectivity index (χ0) is 21.1. The number of piperidine rings is 1. The third kappa shape index (κ3) is 4.62. The number of benzene rings is 2. The summed E-state index contributed by atoms with van der Waals surface area (Å²) >= 11 is 0. The molecule has 7 heteroatoms. The average molecular weight is 398 g/mol. The van der Waals surface area contributed by atoms with Crippen molar-refractivity contribution >= 4 is 11.8 Å². The number of hydrogen-bond donors (Lipinski definition) is 4. The maximum Gasteiger partial charge on any atom is 0.253 e. The molecule has 0 bridgehead atoms. The van der Waals surface area contributed by atoms with Crippen LogP contribution in [0.15, 0.2) is 36.4 Å². The monoisotopic (exact) mass is 398 g/mol. The number of phenols is 3. The minimum absolute atomic E-state index is 0.0153. The van der Waals surface area contributed by atoms with Crippen molar-refractivity contribution in [1.82, 2.24) is 10.2 Å². The summed E-state index contributed by atoms with van der Waals surface area (Å²) in [6.07, 6.45) is 1.22. The van der Waals surface area contributed by atoms with Gasteiger partial charge in [-0.3, -0.25) is 9.59 Å². The van der Waals surface area contributed by atoms with Gasteiger partial charge in [0.25, 0.3) is 11.8 Å². The first-order chi connectivity index (χ1) is 13.8. The van der Waals surface area contributed by atoms with Crippen LogP contribution in [0, 0.1) is 0 Å². The van der Waals surface area contributed by atoms with Crippen LogP contribution >= 0.6 is 0 Å². The van der Waals surface area contributed by atoms with E-state index in [9.17, 15) is 24.9 Å². The van der Waals surface area contributed by atoms with Crippen molar-refractivity contribution in [2.24, 2.45) is 0 Å². The van der Waals surface area contributed by atoms with Gasteiger partial charge in [0.2, 0.25) is 0 Å². The lowest BCUT2D eigenvalue weighted by molar-refractivity contribution is 0.0698. The lowest BCUT2D eigenvalue weighted by Gasteiger charge is -2.32. The minimum atomic E-state index is -0.658. The number of amides is 2. The molecule has 2 aromatic rings. The molecular weight excluding hydrogens is 372 g/mol. The molecule has 1 saturated heterocycles. The number of carbonyl (C=O) groups excluding carboxylic acids is 2. The predicted molar refractivity (Wildman–Crippen MR) is 108 cm³/mol. The van der Waals surface area contributed by atoms with Crippen LogP contribution in [-0.4, -0.2) is 51.2 Å². The second kappa shape index (κ2) is 8.43. The fraction of sp³-hybridized carbons (Fsp3) is 0.364. The molecule has 4 N–H and O–H groups in total. The molecule has 0 aliphatic carbocycles. The van der Waals surface area contributed by atoms with Crippen molar-refractivity contribution < 1.29 is 24.9 Å². The summed E-state index contributed by atoms with van der Waals surface area (Å²) in [6, 6.07) is 9.76. The summed E-state index contributed by atoms with van der Waals surface area (Å²) in [7, 11) is 0. The van der Waals surface area contributed by atoms with Crippen LogP contribution in [0.25, 0.3) is 0 Å². The summed E-state index contributed by atoms with van der Waals surface area (Å²) in [6.45, 7) is 5.27. The zero-order valence-electron chi connectivity index (χ0n) is 16.6. The normalized spacial score (nSPS) is 14.8. The lowest BCUT2D eigenvalue weighted by atomic mass is 10.00. The second-order valence-corrected chi connectivity index (χ2v) is 7.68. The number of aromatic hydroxyl groups is 3. The number of rotatable bonds is 4. The summed E-state index contributed by atoms with van der Waals surface area (Å²) in [5.74, 6) is -1.83. The van der Waals surface area contributed by atoms with Crippen molar-refractivity contribution in [1.29, 1.82) is 0 Å². The van der Waals surface area contributed by atoms with Gasteiger partial charge in [-0.15, -0.1) is 0 Å². The van der Waals surface area contributed by atoms with Gasteiger partial charge in [-0.2, -0.15) is 0 Å². The fourth-order valence-electron chi connectivity index (χ4n) is 3.42. The van der Waals surface area contributed by atoms with Gasteiger partial charge in [-0.05, 0) is 48.6 Å². The van der Waals surface area contributed by atoms with E-state index in [0.717, 1.165) is 12.1 Å². The molecule has 0 atom stereocenters. The van der Waals surface area contributed by atoms with Gasteiger partial charge in [0.1, 0.15) is 0 Å². The van der Waals surface area contributed by atoms with Gasteiger partial charge in [0.15, 0.2) is 17.2 Å². The summed E-state index contributed by atoms with van der Waals surface area (Å²) in [5, 5.41) is 31.3. The molecule has 0 spiro atoms. The van der Waals surface area contributed by atoms with Gasteiger partial charge in [-0.1, -0.05) is 26.0 Å². The zero-order valence-corrected chi connectivity index (χ0v) is 16.6. The molecule has 2 aromatic carbocycles. The standard InChI is InChI=1S/C22H26N2O5/c1-13(2)14-3-5-15(6-4-14)22(29)24-9-7-17(8-10-24)23-21(28)16-11-18(25)20(27)19(26)12-16/h3-6,11-13,17,25-27H,7-10H2,1-2H3,(H,23,28). The van der Waals surface area contributed by atoms with Crippen molar-refractivity contribution in [2.75, 3.05) is 13.1 Å². The van der Waals surface area contributed by atoms with Crippen molar-refractivity contribution in [3.63, 3.8) is 0 Å². The van der Waals surface area contributed by atoms with Gasteiger partial charge in [0.05, 0.1) is 0 Å². The second-order valence-electron chi connectivity index (χ2n) is 7.68. The molecule has 0 radical (unpaired) electrons. The van der Waals surface area contributed by atoms with Crippen LogP contribution in [0.3, 0.4) is 0 Å². The van der Waals surface area contributed by atoms with Crippen LogP contribution in [0.2, 0.25) is 0 Å². The largest absolute Gasteiger partial charge is 0.504 e. The van der Waals surface area contributed by atoms with E-state index in [1.54, 1.807) is 4.90 Å². The number of carbonyl (C=O) groups is 2. The van der Waals surface area contributed by atoms with E-state index in [2.05, 4.69) is 19.2 Å². The Balaban J connectivity index is 1.56. The maximum atomic E-state index is 12.7. The molecule has 1 aliphatic heterocycles. The third-order valence-electron chi connectivity index (χ3n) is 5.27. The van der Waals surface area contributed by atoms with Crippen molar-refractivity contribution in [3.8, 4) is 17.2 Å². The molecule has 154 valence electrons. The Morgan fingerprint density at radius 2 is 1.52 bits per heavy atom. The third-order valence-corrected chi connectivity index (χ3v) is 5.27. The molecular formula is C22H26N2O5. The van der Waals surface area contributed by atoms with E-state index < -0.39 is 23.2 Å². The predicted octanol–water partition coefficient (Wildman–Crippen LogP) is 2.96. The highest BCUT2D eigenvalue weighted by molar-refractivity contribution is 5.96. The lowest BCUT2D eigenvalue weighted by Crippen LogP contribution is -2.46. The van der Waals surface area contributed by atoms with Crippen LogP contribution in [0.5, 0.6) is 17.2 Å². The van der Waals surface area contributed by atoms with E-state index in [-0.39, 0.29) is 17.5 Å². The first-order valence-electron chi connectivity index (χ1n) is 9.71.